The topological polar surface area (TPSA) is 66.8 Å². The lowest BCUT2D eigenvalue weighted by Gasteiger charge is -2.16. The second kappa shape index (κ2) is 3.65. The van der Waals surface area contributed by atoms with Gasteiger partial charge in [-0.15, -0.1) is 0 Å². The van der Waals surface area contributed by atoms with E-state index in [-0.39, 0.29) is 36.1 Å². The van der Waals surface area contributed by atoms with Crippen LogP contribution in [0.3, 0.4) is 0 Å². The maximum atomic E-state index is 11.2. The summed E-state index contributed by atoms with van der Waals surface area (Å²) in [5.74, 6) is -0.344. The average Bonchev–Trinajstić information content (AvgIpc) is 2.24. The number of ether oxygens (including phenoxy) is 1. The summed E-state index contributed by atoms with van der Waals surface area (Å²) in [6.45, 7) is 0.277. The predicted octanol–water partition coefficient (Wildman–Crippen LogP) is 1.61. The van der Waals surface area contributed by atoms with Gasteiger partial charge in [0.05, 0.1) is 6.61 Å². The molecule has 0 radical (unpaired) electrons. The van der Waals surface area contributed by atoms with Crippen LogP contribution in [0.5, 0.6) is 5.75 Å². The van der Waals surface area contributed by atoms with Gasteiger partial charge in [0.2, 0.25) is 11.5 Å². The molecule has 0 amide bonds. The maximum absolute atomic E-state index is 11.2. The van der Waals surface area contributed by atoms with Gasteiger partial charge in [0.25, 0.3) is 0 Å². The van der Waals surface area contributed by atoms with Crippen LogP contribution in [0, 0.1) is 0 Å². The van der Waals surface area contributed by atoms with Crippen LogP contribution in [0.2, 0.25) is 0 Å². The van der Waals surface area contributed by atoms with E-state index in [9.17, 15) is 9.90 Å². The first-order valence-corrected chi connectivity index (χ1v) is 4.57. The number of rotatable bonds is 1. The van der Waals surface area contributed by atoms with E-state index < -0.39 is 0 Å². The second-order valence-corrected chi connectivity index (χ2v) is 3.25. The molecule has 2 rings (SSSR count). The average molecular weight is 206 g/mol. The largest absolute Gasteiger partial charge is 0.508 e. The molecule has 4 nitrogen and oxygen atoms in total. The van der Waals surface area contributed by atoms with E-state index in [1.165, 1.54) is 12.1 Å². The monoisotopic (exact) mass is 206 g/mol. The number of aromatic hydroxyl groups is 1. The van der Waals surface area contributed by atoms with Crippen molar-refractivity contribution in [2.45, 2.75) is 6.42 Å². The molecule has 1 heterocycles. The summed E-state index contributed by atoms with van der Waals surface area (Å²) in [4.78, 5) is 11.2. The highest BCUT2D eigenvalue weighted by atomic mass is 16.5. The first kappa shape index (κ1) is 9.58. The fraction of sp³-hybridized carbons (Fsp3) is 0.182. The molecule has 0 aliphatic carbocycles. The Balaban J connectivity index is 2.41. The van der Waals surface area contributed by atoms with Crippen LogP contribution in [0.1, 0.15) is 12.0 Å². The lowest BCUT2D eigenvalue weighted by atomic mass is 10.1. The van der Waals surface area contributed by atoms with Gasteiger partial charge < -0.3 is 14.9 Å². The zero-order valence-electron chi connectivity index (χ0n) is 7.93. The molecule has 0 atom stereocenters. The van der Waals surface area contributed by atoms with Crippen LogP contribution < -0.4 is 0 Å². The summed E-state index contributed by atoms with van der Waals surface area (Å²) in [5, 5.41) is 18.6. The number of aliphatic hydroxyl groups is 1. The highest BCUT2D eigenvalue weighted by Crippen LogP contribution is 2.25. The van der Waals surface area contributed by atoms with Gasteiger partial charge in [-0.25, -0.2) is 0 Å². The number of aliphatic hydroxyl groups excluding tert-OH is 1. The Labute approximate surface area is 86.4 Å². The molecule has 0 fully saturated rings. The third-order valence-corrected chi connectivity index (χ3v) is 2.18. The van der Waals surface area contributed by atoms with Crippen molar-refractivity contribution in [1.29, 1.82) is 0 Å². The molecule has 0 saturated heterocycles. The van der Waals surface area contributed by atoms with E-state index in [4.69, 9.17) is 9.84 Å². The number of Topliss-reactive ketones (excluding diaryl/α,β-unsaturated/α-hetero) is 1. The van der Waals surface area contributed by atoms with Gasteiger partial charge in [-0.1, -0.05) is 0 Å². The zero-order chi connectivity index (χ0) is 10.8. The number of benzene rings is 1. The summed E-state index contributed by atoms with van der Waals surface area (Å²) in [5.41, 5.74) is 0.582. The molecule has 0 aromatic heterocycles. The normalized spacial score (nSPS) is 16.4. The minimum atomic E-state index is -0.341. The predicted molar refractivity (Wildman–Crippen MR) is 53.2 cm³/mol. The first-order valence-electron chi connectivity index (χ1n) is 4.57. The van der Waals surface area contributed by atoms with E-state index >= 15 is 0 Å². The molecule has 1 aromatic rings. The van der Waals surface area contributed by atoms with Crippen molar-refractivity contribution in [3.05, 3.63) is 35.6 Å². The van der Waals surface area contributed by atoms with Crippen molar-refractivity contribution in [2.24, 2.45) is 0 Å². The van der Waals surface area contributed by atoms with Crippen molar-refractivity contribution in [3.8, 4) is 5.75 Å². The Kier molecular flexibility index (Phi) is 2.33. The number of carbonyl (C=O) groups is 1. The molecular formula is C11H10O4. The Morgan fingerprint density at radius 1 is 1.13 bits per heavy atom. The lowest BCUT2D eigenvalue weighted by Crippen LogP contribution is -2.15. The third-order valence-electron chi connectivity index (χ3n) is 2.18. The summed E-state index contributed by atoms with van der Waals surface area (Å²) in [6.07, 6.45) is 0.202. The van der Waals surface area contributed by atoms with Crippen LogP contribution in [0.4, 0.5) is 0 Å². The highest BCUT2D eigenvalue weighted by Gasteiger charge is 2.22. The van der Waals surface area contributed by atoms with Gasteiger partial charge in [0.1, 0.15) is 5.75 Å². The number of allylic oxidation sites excluding steroid dienone is 1. The minimum absolute atomic E-state index is 0.126. The van der Waals surface area contributed by atoms with E-state index in [0.717, 1.165) is 0 Å². The molecule has 0 spiro atoms. The molecule has 15 heavy (non-hydrogen) atoms. The number of phenols is 1. The van der Waals surface area contributed by atoms with E-state index in [0.29, 0.717) is 5.56 Å². The summed E-state index contributed by atoms with van der Waals surface area (Å²) >= 11 is 0. The SMILES string of the molecule is O=C1CCOC(c2ccc(O)cc2)=C1O. The van der Waals surface area contributed by atoms with E-state index in [1.807, 2.05) is 0 Å². The molecule has 4 heteroatoms. The van der Waals surface area contributed by atoms with Crippen molar-refractivity contribution < 1.29 is 19.7 Å². The number of phenolic OH excluding ortho intramolecular Hbond substituents is 1. The van der Waals surface area contributed by atoms with Crippen LogP contribution in [0.15, 0.2) is 30.0 Å². The smallest absolute Gasteiger partial charge is 0.204 e. The Hall–Kier alpha value is -1.97. The van der Waals surface area contributed by atoms with Crippen LogP contribution in [-0.4, -0.2) is 22.6 Å². The van der Waals surface area contributed by atoms with Gasteiger partial charge >= 0.3 is 0 Å². The molecule has 0 unspecified atom stereocenters. The summed E-state index contributed by atoms with van der Waals surface area (Å²) < 4.78 is 5.21. The van der Waals surface area contributed by atoms with Crippen molar-refractivity contribution in [1.82, 2.24) is 0 Å². The molecule has 78 valence electrons. The van der Waals surface area contributed by atoms with Crippen LogP contribution >= 0.6 is 0 Å². The van der Waals surface area contributed by atoms with Crippen molar-refractivity contribution >= 4 is 11.5 Å². The minimum Gasteiger partial charge on any atom is -0.508 e. The second-order valence-electron chi connectivity index (χ2n) is 3.25. The Morgan fingerprint density at radius 3 is 2.47 bits per heavy atom. The number of ketones is 1. The standard InChI is InChI=1S/C11H10O4/c12-8-3-1-7(2-4-8)11-10(14)9(13)5-6-15-11/h1-4,12,14H,5-6H2. The van der Waals surface area contributed by atoms with Gasteiger partial charge in [0, 0.05) is 12.0 Å². The molecule has 2 N–H and O–H groups in total. The fourth-order valence-electron chi connectivity index (χ4n) is 1.39. The van der Waals surface area contributed by atoms with E-state index in [2.05, 4.69) is 0 Å². The van der Waals surface area contributed by atoms with Crippen molar-refractivity contribution in [3.63, 3.8) is 0 Å². The number of carbonyl (C=O) groups excluding carboxylic acids is 1. The maximum Gasteiger partial charge on any atom is 0.204 e. The fourth-order valence-corrected chi connectivity index (χ4v) is 1.39. The molecule has 0 saturated carbocycles. The Bertz CT molecular complexity index is 417. The van der Waals surface area contributed by atoms with Gasteiger partial charge in [0.15, 0.2) is 5.76 Å². The summed E-state index contributed by atoms with van der Waals surface area (Å²) in [7, 11) is 0. The zero-order valence-corrected chi connectivity index (χ0v) is 7.93. The van der Waals surface area contributed by atoms with Crippen molar-refractivity contribution in [2.75, 3.05) is 6.61 Å². The molecule has 1 aromatic carbocycles. The van der Waals surface area contributed by atoms with Gasteiger partial charge in [-0.2, -0.15) is 0 Å². The van der Waals surface area contributed by atoms with Gasteiger partial charge in [-0.05, 0) is 24.3 Å². The molecule has 0 bridgehead atoms. The lowest BCUT2D eigenvalue weighted by molar-refractivity contribution is -0.119. The number of hydrogen-bond donors (Lipinski definition) is 2. The van der Waals surface area contributed by atoms with Gasteiger partial charge in [-0.3, -0.25) is 4.79 Å². The first-order chi connectivity index (χ1) is 7.18. The molecule has 1 aliphatic heterocycles. The third kappa shape index (κ3) is 1.79. The molecule has 1 aliphatic rings. The van der Waals surface area contributed by atoms with E-state index in [1.54, 1.807) is 12.1 Å². The quantitative estimate of drug-likeness (QED) is 0.732. The number of hydrogen-bond acceptors (Lipinski definition) is 4. The molecular weight excluding hydrogens is 196 g/mol. The van der Waals surface area contributed by atoms with Crippen LogP contribution in [-0.2, 0) is 9.53 Å². The van der Waals surface area contributed by atoms with Crippen LogP contribution in [0.25, 0.3) is 5.76 Å². The highest BCUT2D eigenvalue weighted by molar-refractivity contribution is 6.00. The Morgan fingerprint density at radius 2 is 1.80 bits per heavy atom. The summed E-state index contributed by atoms with van der Waals surface area (Å²) in [6, 6.07) is 6.11.